The molecule has 2 aromatic rings. The van der Waals surface area contributed by atoms with E-state index in [1.54, 1.807) is 0 Å². The summed E-state index contributed by atoms with van der Waals surface area (Å²) >= 11 is 0. The number of hydrogen-bond acceptors (Lipinski definition) is 19. The van der Waals surface area contributed by atoms with Crippen molar-refractivity contribution in [2.75, 3.05) is 208 Å². The number of aromatic nitrogens is 3. The summed E-state index contributed by atoms with van der Waals surface area (Å²) in [5.74, 6) is 3.08. The molecule has 0 N–H and O–H groups in total. The molecule has 0 radical (unpaired) electrons. The minimum absolute atomic E-state index is 0.0946. The molecule has 22 nitrogen and oxygen atoms in total. The third kappa shape index (κ3) is 38.8. The van der Waals surface area contributed by atoms with Crippen molar-refractivity contribution < 1.29 is 9.59 Å². The van der Waals surface area contributed by atoms with Crippen molar-refractivity contribution in [2.24, 2.45) is 33.7 Å². The Kier molecular flexibility index (Phi) is 43.3. The number of rotatable bonds is 9. The van der Waals surface area contributed by atoms with Crippen molar-refractivity contribution in [3.05, 3.63) is 42.0 Å². The van der Waals surface area contributed by atoms with Gasteiger partial charge < -0.3 is 24.5 Å². The fraction of sp³-hybridized carbons (Fsp3) is 0.908. The van der Waals surface area contributed by atoms with Crippen LogP contribution in [0.2, 0.25) is 0 Å². The fourth-order valence-electron chi connectivity index (χ4n) is 23.0. The number of likely N-dealkylation sites (tertiary alicyclic amines) is 7. The summed E-state index contributed by atoms with van der Waals surface area (Å²) in [5.41, 5.74) is 8.83. The SMILES string of the molecule is CC(C)(C)C1=NN(C2CCN(C(C)(C)C)CC2)CC1.CC(C)(C)C1CC(=O)N(C2CCN(C(C)(C)C)CC2)C1.CC(C)(C)N1CCC(CN2CCN(C(C)(C)C)CC2)CC1.CC(C)(C)N1CCC(CN2CCN(C(C)(C)C)CC2)CC1.CC(C)(C)N1CCC(N2CCN(C(C)(C)C)CC2=O)CC1.CC(C)(C)c1ccn(C2CCN(C(C)(C)C)CC2)n1.CC(C)(C)c1cncc(N2CCN(C(C)(C)C)CC2)c1. The summed E-state index contributed by atoms with van der Waals surface area (Å²) in [6.07, 6.45) is 23.1. The zero-order chi connectivity index (χ0) is 106. The van der Waals surface area contributed by atoms with Crippen LogP contribution in [0.1, 0.15) is 398 Å². The molecular weight excluding hydrogens is 1740 g/mol. The van der Waals surface area contributed by atoms with E-state index < -0.39 is 0 Å². The minimum Gasteiger partial charge on any atom is -0.368 e. The summed E-state index contributed by atoms with van der Waals surface area (Å²) in [4.78, 5) is 67.2. The van der Waals surface area contributed by atoms with Gasteiger partial charge in [0.15, 0.2) is 0 Å². The molecule has 14 heterocycles. The van der Waals surface area contributed by atoms with Crippen LogP contribution in [0.3, 0.4) is 0 Å². The predicted octanol–water partition coefficient (Wildman–Crippen LogP) is 21.4. The van der Waals surface area contributed by atoms with Crippen LogP contribution in [-0.2, 0) is 20.4 Å². The van der Waals surface area contributed by atoms with Crippen LogP contribution in [-0.4, -0.2) is 382 Å². The molecule has 22 heteroatoms. The van der Waals surface area contributed by atoms with Crippen molar-refractivity contribution in [1.82, 2.24) is 88.4 Å². The standard InChI is InChI=1S/2C18H37N3.C17H33N3O.C17H29N3.C17H32N2O.C16H31N3.C16H29N3/c2*1-17(2,3)20-9-7-16(8-10-20)15-19-11-13-21(14-12-19)18(4,5)6;1-16(2,3)18-9-7-14(8-10-18)20-12-11-19(13-15(20)21)17(4,5)6;1-16(2,3)14-11-15(13-18-12-14)19-7-9-20(10-8-19)17(4,5)6;1-16(2,3)13-11-15(20)19(12-13)14-7-9-18(10-8-14)17(4,5)6;2*1-15(2,3)14-9-12-19(17-14)13-7-10-18(11-8-13)16(4,5)6/h2*16H,7-15H2,1-6H3;14H,7-13H2,1-6H3;11-13H,7-10H2,1-6H3;13-14H,7-12H2,1-6H3;13H,7-12H2,1-6H3;9,12-13H,7-8,10-11H2,1-6H3. The highest BCUT2D eigenvalue weighted by atomic mass is 16.2. The van der Waals surface area contributed by atoms with Gasteiger partial charge in [-0.25, -0.2) is 0 Å². The number of carbonyl (C=O) groups is 2. The molecule has 1 unspecified atom stereocenters. The number of piperidine rings is 6. The Morgan fingerprint density at radius 3 is 0.929 bits per heavy atom. The van der Waals surface area contributed by atoms with Gasteiger partial charge in [0.25, 0.3) is 0 Å². The number of piperazine rings is 4. The highest BCUT2D eigenvalue weighted by Gasteiger charge is 2.44. The molecule has 2 amide bonds. The molecule has 0 aliphatic carbocycles. The van der Waals surface area contributed by atoms with Crippen LogP contribution in [0.15, 0.2) is 35.8 Å². The van der Waals surface area contributed by atoms with Gasteiger partial charge >= 0.3 is 0 Å². The Labute approximate surface area is 870 Å². The molecular formula is C119H228N20O2. The first-order valence-corrected chi connectivity index (χ1v) is 57.2. The number of nitrogens with zero attached hydrogens (tertiary/aromatic N) is 20. The number of carbonyl (C=O) groups excluding carboxylic acids is 2. The topological polar surface area (TPSA) is 129 Å². The first-order valence-electron chi connectivity index (χ1n) is 57.2. The van der Waals surface area contributed by atoms with Gasteiger partial charge in [0.05, 0.1) is 30.2 Å². The third-order valence-electron chi connectivity index (χ3n) is 34.0. The van der Waals surface area contributed by atoms with E-state index in [1.807, 2.05) is 12.4 Å². The zero-order valence-corrected chi connectivity index (χ0v) is 101. The highest BCUT2D eigenvalue weighted by Crippen LogP contribution is 2.40. The van der Waals surface area contributed by atoms with Gasteiger partial charge in [0, 0.05) is 285 Å². The number of anilines is 1. The van der Waals surface area contributed by atoms with Crippen LogP contribution >= 0.6 is 0 Å². The second-order valence-corrected chi connectivity index (χ2v) is 59.1. The molecule has 12 aliphatic rings. The zero-order valence-electron chi connectivity index (χ0n) is 101. The van der Waals surface area contributed by atoms with Crippen molar-refractivity contribution >= 4 is 23.2 Å². The van der Waals surface area contributed by atoms with E-state index in [2.05, 4.69) is 397 Å². The summed E-state index contributed by atoms with van der Waals surface area (Å²) in [6.45, 7) is 132. The summed E-state index contributed by atoms with van der Waals surface area (Å²) in [6, 6.07) is 6.66. The van der Waals surface area contributed by atoms with E-state index in [4.69, 9.17) is 10.2 Å². The predicted molar refractivity (Wildman–Crippen MR) is 604 cm³/mol. The Morgan fingerprint density at radius 2 is 0.624 bits per heavy atom. The van der Waals surface area contributed by atoms with Gasteiger partial charge in [-0.05, 0) is 357 Å². The molecule has 0 bridgehead atoms. The Bertz CT molecular complexity index is 3870. The molecule has 12 aliphatic heterocycles. The van der Waals surface area contributed by atoms with Gasteiger partial charge in [0.1, 0.15) is 0 Å². The fourth-order valence-corrected chi connectivity index (χ4v) is 23.0. The van der Waals surface area contributed by atoms with Gasteiger partial charge in [0.2, 0.25) is 11.8 Å². The summed E-state index contributed by atoms with van der Waals surface area (Å²) in [5, 5.41) is 12.1. The van der Waals surface area contributed by atoms with Crippen LogP contribution < -0.4 is 4.90 Å². The molecule has 11 saturated heterocycles. The molecule has 0 spiro atoms. The number of pyridine rings is 1. The minimum atomic E-state index is 0.0946. The van der Waals surface area contributed by atoms with E-state index in [0.29, 0.717) is 81.7 Å². The molecule has 141 heavy (non-hydrogen) atoms. The third-order valence-corrected chi connectivity index (χ3v) is 34.0. The Morgan fingerprint density at radius 1 is 0.305 bits per heavy atom. The summed E-state index contributed by atoms with van der Waals surface area (Å²) in [7, 11) is 0. The molecule has 11 fully saturated rings. The van der Waals surface area contributed by atoms with Gasteiger partial charge in [-0.3, -0.25) is 73.3 Å². The Balaban J connectivity index is 0.000000201. The average Bonchev–Trinajstić information content (AvgIpc) is 1.51. The number of hydrazone groups is 1. The van der Waals surface area contributed by atoms with Crippen molar-refractivity contribution in [3.63, 3.8) is 0 Å². The average molecular weight is 1970 g/mol. The van der Waals surface area contributed by atoms with Gasteiger partial charge in [-0.15, -0.1) is 0 Å². The quantitative estimate of drug-likeness (QED) is 0.236. The lowest BCUT2D eigenvalue weighted by molar-refractivity contribution is -0.142. The van der Waals surface area contributed by atoms with Crippen LogP contribution in [0.4, 0.5) is 5.69 Å². The van der Waals surface area contributed by atoms with Crippen molar-refractivity contribution in [2.45, 2.75) is 471 Å². The van der Waals surface area contributed by atoms with Crippen molar-refractivity contribution in [3.8, 4) is 0 Å². The lowest BCUT2D eigenvalue weighted by Gasteiger charge is -2.47. The lowest BCUT2D eigenvalue weighted by atomic mass is 9.80. The van der Waals surface area contributed by atoms with Crippen LogP contribution in [0.25, 0.3) is 0 Å². The largest absolute Gasteiger partial charge is 0.368 e. The first kappa shape index (κ1) is 122. The van der Waals surface area contributed by atoms with E-state index in [9.17, 15) is 9.59 Å². The molecule has 2 aromatic heterocycles. The van der Waals surface area contributed by atoms with E-state index in [1.165, 1.54) is 192 Å². The number of amides is 2. The van der Waals surface area contributed by atoms with Gasteiger partial charge in [-0.2, -0.15) is 10.2 Å². The lowest BCUT2D eigenvalue weighted by Crippen LogP contribution is -2.60. The summed E-state index contributed by atoms with van der Waals surface area (Å²) < 4.78 is 2.20. The molecule has 0 saturated carbocycles. The molecule has 0 aromatic carbocycles. The van der Waals surface area contributed by atoms with E-state index in [-0.39, 0.29) is 43.8 Å². The maximum Gasteiger partial charge on any atom is 0.237 e. The Hall–Kier alpha value is -3.91. The number of hydrogen-bond donors (Lipinski definition) is 0. The van der Waals surface area contributed by atoms with E-state index in [0.717, 1.165) is 129 Å². The van der Waals surface area contributed by atoms with Gasteiger partial charge in [-0.1, -0.05) is 83.1 Å². The van der Waals surface area contributed by atoms with Crippen molar-refractivity contribution in [1.29, 1.82) is 0 Å². The second-order valence-electron chi connectivity index (χ2n) is 59.1. The maximum atomic E-state index is 12.5. The molecule has 816 valence electrons. The smallest absolute Gasteiger partial charge is 0.237 e. The maximum absolute atomic E-state index is 12.5. The highest BCUT2D eigenvalue weighted by molar-refractivity contribution is 5.90. The monoisotopic (exact) mass is 1970 g/mol. The molecule has 14 rings (SSSR count). The normalized spacial score (nSPS) is 23.6. The van der Waals surface area contributed by atoms with E-state index >= 15 is 0 Å². The van der Waals surface area contributed by atoms with Crippen LogP contribution in [0.5, 0.6) is 0 Å². The second kappa shape index (κ2) is 49.9. The molecule has 1 atom stereocenters. The van der Waals surface area contributed by atoms with Crippen LogP contribution in [0, 0.1) is 28.6 Å². The first-order chi connectivity index (χ1) is 64.5.